The normalized spacial score (nSPS) is 16.8. The predicted molar refractivity (Wildman–Crippen MR) is 66.6 cm³/mol. The van der Waals surface area contributed by atoms with E-state index in [0.29, 0.717) is 5.84 Å². The number of nitro groups is 1. The van der Waals surface area contributed by atoms with Crippen LogP contribution < -0.4 is 5.32 Å². The summed E-state index contributed by atoms with van der Waals surface area (Å²) in [5.41, 5.74) is 1.92. The summed E-state index contributed by atoms with van der Waals surface area (Å²) >= 11 is 0. The maximum Gasteiger partial charge on any atom is 0.449 e. The van der Waals surface area contributed by atoms with E-state index in [1.165, 1.54) is 12.3 Å². The monoisotopic (exact) mass is 245 g/mol. The molecule has 2 rings (SSSR count). The summed E-state index contributed by atoms with van der Waals surface area (Å²) in [5, 5.41) is 22.5. The van der Waals surface area contributed by atoms with Gasteiger partial charge in [-0.1, -0.05) is 29.8 Å². The lowest BCUT2D eigenvalue weighted by Gasteiger charge is -2.12. The number of aliphatic hydroxyl groups excluding tert-OH is 1. The molecule has 1 aromatic carbocycles. The minimum absolute atomic E-state index is 0.0191. The molecule has 0 saturated carbocycles. The lowest BCUT2D eigenvalue weighted by Crippen LogP contribution is -2.27. The molecule has 0 bridgehead atoms. The molecular formula is C12H11N3O3. The molecule has 0 atom stereocenters. The molecule has 0 amide bonds. The van der Waals surface area contributed by atoms with Crippen LogP contribution in [0.25, 0.3) is 0 Å². The smallest absolute Gasteiger partial charge is 0.449 e. The topological polar surface area (TPSA) is 87.8 Å². The van der Waals surface area contributed by atoms with Gasteiger partial charge in [-0.25, -0.2) is 4.99 Å². The number of allylic oxidation sites excluding steroid dienone is 1. The molecule has 1 aromatic rings. The van der Waals surface area contributed by atoms with Crippen LogP contribution in [0, 0.1) is 17.0 Å². The van der Waals surface area contributed by atoms with Gasteiger partial charge in [0.25, 0.3) is 0 Å². The second-order valence-electron chi connectivity index (χ2n) is 3.78. The zero-order valence-electron chi connectivity index (χ0n) is 9.62. The molecule has 92 valence electrons. The van der Waals surface area contributed by atoms with E-state index in [0.717, 1.165) is 11.1 Å². The van der Waals surface area contributed by atoms with Crippen molar-refractivity contribution < 1.29 is 10.0 Å². The fourth-order valence-electron chi connectivity index (χ4n) is 1.47. The van der Waals surface area contributed by atoms with Crippen molar-refractivity contribution in [3.05, 3.63) is 69.4 Å². The fraction of sp³-hybridized carbons (Fsp3) is 0.0833. The Morgan fingerprint density at radius 1 is 1.39 bits per heavy atom. The number of nitrogens with zero attached hydrogens (tertiary/aromatic N) is 2. The van der Waals surface area contributed by atoms with Gasteiger partial charge < -0.3 is 10.4 Å². The maximum atomic E-state index is 10.5. The Hall–Kier alpha value is -2.63. The van der Waals surface area contributed by atoms with Crippen LogP contribution in [-0.4, -0.2) is 15.9 Å². The number of rotatable bonds is 2. The van der Waals surface area contributed by atoms with Crippen molar-refractivity contribution in [2.75, 3.05) is 0 Å². The molecular weight excluding hydrogens is 234 g/mol. The number of amidine groups is 1. The van der Waals surface area contributed by atoms with E-state index >= 15 is 0 Å². The predicted octanol–water partition coefficient (Wildman–Crippen LogP) is 1.86. The first kappa shape index (κ1) is 11.8. The van der Waals surface area contributed by atoms with E-state index in [1.807, 2.05) is 31.2 Å². The number of benzene rings is 1. The van der Waals surface area contributed by atoms with Crippen molar-refractivity contribution in [3.63, 3.8) is 0 Å². The van der Waals surface area contributed by atoms with Crippen LogP contribution in [0.2, 0.25) is 0 Å². The Morgan fingerprint density at radius 2 is 2.06 bits per heavy atom. The first-order valence-corrected chi connectivity index (χ1v) is 5.24. The van der Waals surface area contributed by atoms with E-state index in [2.05, 4.69) is 10.3 Å². The number of hydrogen-bond acceptors (Lipinski definition) is 5. The minimum Gasteiger partial charge on any atom is -0.454 e. The molecule has 0 unspecified atom stereocenters. The van der Waals surface area contributed by atoms with Crippen LogP contribution in [-0.2, 0) is 0 Å². The van der Waals surface area contributed by atoms with Crippen LogP contribution >= 0.6 is 0 Å². The number of aryl methyl sites for hydroxylation is 1. The number of nitrogens with one attached hydrogen (secondary N) is 1. The SMILES string of the molecule is Cc1ccc(C2=NC=CC(=C(O)[N+](=O)[O-])N2)cc1. The quantitative estimate of drug-likeness (QED) is 0.473. The third-order valence-corrected chi connectivity index (χ3v) is 2.44. The molecule has 1 aliphatic rings. The van der Waals surface area contributed by atoms with Crippen LogP contribution in [0.5, 0.6) is 0 Å². The third kappa shape index (κ3) is 2.37. The van der Waals surface area contributed by atoms with Crippen molar-refractivity contribution in [1.82, 2.24) is 5.32 Å². The van der Waals surface area contributed by atoms with Crippen LogP contribution in [0.4, 0.5) is 0 Å². The maximum absolute atomic E-state index is 10.5. The lowest BCUT2D eigenvalue weighted by atomic mass is 10.1. The summed E-state index contributed by atoms with van der Waals surface area (Å²) in [6, 6.07) is 7.52. The summed E-state index contributed by atoms with van der Waals surface area (Å²) in [4.78, 5) is 13.7. The molecule has 1 heterocycles. The van der Waals surface area contributed by atoms with Crippen LogP contribution in [0.15, 0.2) is 53.1 Å². The Morgan fingerprint density at radius 3 is 2.67 bits per heavy atom. The van der Waals surface area contributed by atoms with E-state index in [9.17, 15) is 15.2 Å². The van der Waals surface area contributed by atoms with Crippen LogP contribution in [0.3, 0.4) is 0 Å². The van der Waals surface area contributed by atoms with Gasteiger partial charge in [-0.2, -0.15) is 0 Å². The molecule has 18 heavy (non-hydrogen) atoms. The van der Waals surface area contributed by atoms with Gasteiger partial charge >= 0.3 is 5.88 Å². The van der Waals surface area contributed by atoms with Gasteiger partial charge in [0.1, 0.15) is 10.8 Å². The Bertz CT molecular complexity index is 571. The molecule has 0 spiro atoms. The first-order chi connectivity index (χ1) is 8.58. The van der Waals surface area contributed by atoms with Crippen molar-refractivity contribution >= 4 is 5.84 Å². The van der Waals surface area contributed by atoms with Gasteiger partial charge in [0.2, 0.25) is 0 Å². The van der Waals surface area contributed by atoms with Gasteiger partial charge in [-0.15, -0.1) is 0 Å². The molecule has 0 aliphatic carbocycles. The molecule has 2 N–H and O–H groups in total. The summed E-state index contributed by atoms with van der Waals surface area (Å²) in [6.45, 7) is 1.96. The molecule has 0 fully saturated rings. The van der Waals surface area contributed by atoms with E-state index in [4.69, 9.17) is 0 Å². The van der Waals surface area contributed by atoms with Crippen LogP contribution in [0.1, 0.15) is 11.1 Å². The van der Waals surface area contributed by atoms with Crippen molar-refractivity contribution in [1.29, 1.82) is 0 Å². The molecule has 1 aliphatic heterocycles. The largest absolute Gasteiger partial charge is 0.454 e. The van der Waals surface area contributed by atoms with Crippen molar-refractivity contribution in [3.8, 4) is 0 Å². The highest BCUT2D eigenvalue weighted by Gasteiger charge is 2.18. The second-order valence-corrected chi connectivity index (χ2v) is 3.78. The summed E-state index contributed by atoms with van der Waals surface area (Å²) < 4.78 is 0. The highest BCUT2D eigenvalue weighted by atomic mass is 16.7. The molecule has 0 saturated heterocycles. The lowest BCUT2D eigenvalue weighted by molar-refractivity contribution is -0.460. The van der Waals surface area contributed by atoms with Gasteiger partial charge in [0.15, 0.2) is 5.70 Å². The van der Waals surface area contributed by atoms with Crippen molar-refractivity contribution in [2.24, 2.45) is 4.99 Å². The average Bonchev–Trinajstić information content (AvgIpc) is 2.38. The highest BCUT2D eigenvalue weighted by Crippen LogP contribution is 2.11. The zero-order valence-corrected chi connectivity index (χ0v) is 9.62. The zero-order chi connectivity index (χ0) is 13.1. The van der Waals surface area contributed by atoms with Gasteiger partial charge in [0, 0.05) is 11.8 Å². The number of aliphatic imine (C=N–C) groups is 1. The van der Waals surface area contributed by atoms with Gasteiger partial charge in [-0.3, -0.25) is 10.1 Å². The Labute approximate surface area is 103 Å². The second kappa shape index (κ2) is 4.70. The minimum atomic E-state index is -0.925. The Kier molecular flexibility index (Phi) is 3.09. The summed E-state index contributed by atoms with van der Waals surface area (Å²) in [7, 11) is 0. The Balaban J connectivity index is 2.30. The molecule has 0 aromatic heterocycles. The number of aliphatic hydroxyl groups is 1. The standard InChI is InChI=1S/C12H11N3O3/c1-8-2-4-9(5-3-8)11-13-7-6-10(14-11)12(16)15(17)18/h2-7,16H,1H3,(H,13,14). The highest BCUT2D eigenvalue weighted by molar-refractivity contribution is 6.01. The third-order valence-electron chi connectivity index (χ3n) is 2.44. The van der Waals surface area contributed by atoms with Gasteiger partial charge in [0.05, 0.1) is 0 Å². The van der Waals surface area contributed by atoms with E-state index < -0.39 is 10.8 Å². The molecule has 6 heteroatoms. The molecule has 6 nitrogen and oxygen atoms in total. The number of hydrogen-bond donors (Lipinski definition) is 2. The van der Waals surface area contributed by atoms with E-state index in [-0.39, 0.29) is 5.70 Å². The summed E-state index contributed by atoms with van der Waals surface area (Å²) in [6.07, 6.45) is 2.75. The summed E-state index contributed by atoms with van der Waals surface area (Å²) in [5.74, 6) is -0.466. The van der Waals surface area contributed by atoms with Crippen molar-refractivity contribution in [2.45, 2.75) is 6.92 Å². The first-order valence-electron chi connectivity index (χ1n) is 5.24. The van der Waals surface area contributed by atoms with Gasteiger partial charge in [-0.05, 0) is 13.0 Å². The molecule has 0 radical (unpaired) electrons. The van der Waals surface area contributed by atoms with E-state index in [1.54, 1.807) is 0 Å². The average molecular weight is 245 g/mol. The fourth-order valence-corrected chi connectivity index (χ4v) is 1.47.